The van der Waals surface area contributed by atoms with Gasteiger partial charge in [0, 0.05) is 11.6 Å². The first kappa shape index (κ1) is 9.13. The highest BCUT2D eigenvalue weighted by molar-refractivity contribution is 5.21. The highest BCUT2D eigenvalue weighted by Gasteiger charge is 2.12. The van der Waals surface area contributed by atoms with Crippen LogP contribution in [-0.2, 0) is 0 Å². The molecule has 0 spiro atoms. The van der Waals surface area contributed by atoms with Crippen LogP contribution in [0.2, 0.25) is 0 Å². The molecule has 1 aromatic carbocycles. The van der Waals surface area contributed by atoms with E-state index in [0.717, 1.165) is 6.07 Å². The molecule has 0 unspecified atom stereocenters. The predicted molar refractivity (Wildman–Crippen MR) is 43.6 cm³/mol. The molecule has 0 aliphatic rings. The lowest BCUT2D eigenvalue weighted by Gasteiger charge is -2.09. The molecule has 0 heterocycles. The van der Waals surface area contributed by atoms with E-state index in [1.54, 1.807) is 0 Å². The lowest BCUT2D eigenvalue weighted by molar-refractivity contribution is 0.486. The van der Waals surface area contributed by atoms with Crippen LogP contribution in [-0.4, -0.2) is 0 Å². The van der Waals surface area contributed by atoms with Crippen molar-refractivity contribution in [3.63, 3.8) is 0 Å². The molecule has 2 N–H and O–H groups in total. The maximum Gasteiger partial charge on any atom is 0.163 e. The Balaban J connectivity index is 3.07. The molecule has 0 saturated heterocycles. The third kappa shape index (κ3) is 1.61. The molecule has 0 aliphatic heterocycles. The highest BCUT2D eigenvalue weighted by Crippen LogP contribution is 2.19. The number of benzene rings is 1. The van der Waals surface area contributed by atoms with Crippen molar-refractivity contribution in [1.82, 2.24) is 0 Å². The third-order valence-corrected chi connectivity index (χ3v) is 1.82. The van der Waals surface area contributed by atoms with Crippen molar-refractivity contribution in [3.05, 3.63) is 35.4 Å². The number of halogens is 2. The molecule has 0 aliphatic carbocycles. The predicted octanol–water partition coefficient (Wildman–Crippen LogP) is 2.37. The first-order valence-corrected chi connectivity index (χ1v) is 3.86. The smallest absolute Gasteiger partial charge is 0.163 e. The largest absolute Gasteiger partial charge is 0.324 e. The van der Waals surface area contributed by atoms with Crippen LogP contribution in [0.3, 0.4) is 0 Å². The number of nitrogens with two attached hydrogens (primary N) is 1. The van der Waals surface area contributed by atoms with Crippen molar-refractivity contribution in [1.29, 1.82) is 0 Å². The summed E-state index contributed by atoms with van der Waals surface area (Å²) >= 11 is 0. The zero-order valence-electron chi connectivity index (χ0n) is 6.85. The van der Waals surface area contributed by atoms with Gasteiger partial charge in [0.25, 0.3) is 0 Å². The monoisotopic (exact) mass is 171 g/mol. The summed E-state index contributed by atoms with van der Waals surface area (Å²) in [7, 11) is 0. The molecule has 0 amide bonds. The van der Waals surface area contributed by atoms with Crippen LogP contribution >= 0.6 is 0 Å². The van der Waals surface area contributed by atoms with Crippen molar-refractivity contribution in [2.24, 2.45) is 5.73 Å². The summed E-state index contributed by atoms with van der Waals surface area (Å²) in [6, 6.07) is 3.64. The van der Waals surface area contributed by atoms with Crippen LogP contribution in [0, 0.1) is 11.6 Å². The minimum atomic E-state index is -0.837. The highest BCUT2D eigenvalue weighted by atomic mass is 19.2. The van der Waals surface area contributed by atoms with Crippen LogP contribution in [0.1, 0.15) is 24.9 Å². The van der Waals surface area contributed by atoms with Gasteiger partial charge in [-0.15, -0.1) is 0 Å². The SMILES string of the molecule is CC[C@H](N)c1cccc(F)c1F. The Bertz CT molecular complexity index is 273. The van der Waals surface area contributed by atoms with E-state index in [-0.39, 0.29) is 5.56 Å². The van der Waals surface area contributed by atoms with E-state index in [1.807, 2.05) is 6.92 Å². The Morgan fingerprint density at radius 2 is 2.08 bits per heavy atom. The van der Waals surface area contributed by atoms with Gasteiger partial charge < -0.3 is 5.73 Å². The minimum absolute atomic E-state index is 0.248. The van der Waals surface area contributed by atoms with Crippen molar-refractivity contribution in [3.8, 4) is 0 Å². The summed E-state index contributed by atoms with van der Waals surface area (Å²) in [5.41, 5.74) is 5.80. The van der Waals surface area contributed by atoms with Crippen molar-refractivity contribution in [2.75, 3.05) is 0 Å². The fourth-order valence-corrected chi connectivity index (χ4v) is 1.03. The molecular formula is C9H11F2N. The van der Waals surface area contributed by atoms with Gasteiger partial charge in [0.2, 0.25) is 0 Å². The van der Waals surface area contributed by atoms with Gasteiger partial charge in [0.1, 0.15) is 0 Å². The van der Waals surface area contributed by atoms with Crippen molar-refractivity contribution < 1.29 is 8.78 Å². The van der Waals surface area contributed by atoms with Gasteiger partial charge in [-0.25, -0.2) is 8.78 Å². The molecule has 0 bridgehead atoms. The Morgan fingerprint density at radius 1 is 1.42 bits per heavy atom. The molecule has 66 valence electrons. The maximum atomic E-state index is 13.0. The summed E-state index contributed by atoms with van der Waals surface area (Å²) in [5, 5.41) is 0. The zero-order valence-corrected chi connectivity index (χ0v) is 6.85. The quantitative estimate of drug-likeness (QED) is 0.726. The average Bonchev–Trinajstić information content (AvgIpc) is 2.08. The average molecular weight is 171 g/mol. The summed E-state index contributed by atoms with van der Waals surface area (Å²) in [6.07, 6.45) is 0.598. The lowest BCUT2D eigenvalue weighted by atomic mass is 10.1. The standard InChI is InChI=1S/C9H11F2N/c1-2-8(12)6-4-3-5-7(10)9(6)11/h3-5,8H,2,12H2,1H3/t8-/m0/s1. The minimum Gasteiger partial charge on any atom is -0.324 e. The van der Waals surface area contributed by atoms with E-state index < -0.39 is 17.7 Å². The van der Waals surface area contributed by atoms with Gasteiger partial charge in [0.15, 0.2) is 11.6 Å². The van der Waals surface area contributed by atoms with Gasteiger partial charge in [0.05, 0.1) is 0 Å². The van der Waals surface area contributed by atoms with E-state index in [2.05, 4.69) is 0 Å². The topological polar surface area (TPSA) is 26.0 Å². The summed E-state index contributed by atoms with van der Waals surface area (Å²) < 4.78 is 25.6. The van der Waals surface area contributed by atoms with Gasteiger partial charge in [-0.05, 0) is 12.5 Å². The molecule has 0 radical (unpaired) electrons. The van der Waals surface area contributed by atoms with Gasteiger partial charge in [-0.3, -0.25) is 0 Å². The molecule has 1 nitrogen and oxygen atoms in total. The molecule has 1 aromatic rings. The summed E-state index contributed by atoms with van der Waals surface area (Å²) in [4.78, 5) is 0. The molecular weight excluding hydrogens is 160 g/mol. The van der Waals surface area contributed by atoms with E-state index in [9.17, 15) is 8.78 Å². The van der Waals surface area contributed by atoms with Crippen molar-refractivity contribution >= 4 is 0 Å². The zero-order chi connectivity index (χ0) is 9.14. The van der Waals surface area contributed by atoms with Crippen molar-refractivity contribution in [2.45, 2.75) is 19.4 Å². The Kier molecular flexibility index (Phi) is 2.76. The Hall–Kier alpha value is -0.960. The first-order valence-electron chi connectivity index (χ1n) is 3.86. The van der Waals surface area contributed by atoms with E-state index >= 15 is 0 Å². The number of rotatable bonds is 2. The molecule has 1 rings (SSSR count). The van der Waals surface area contributed by atoms with Gasteiger partial charge >= 0.3 is 0 Å². The van der Waals surface area contributed by atoms with Gasteiger partial charge in [-0.2, -0.15) is 0 Å². The third-order valence-electron chi connectivity index (χ3n) is 1.82. The molecule has 12 heavy (non-hydrogen) atoms. The fourth-order valence-electron chi connectivity index (χ4n) is 1.03. The van der Waals surface area contributed by atoms with Crippen LogP contribution in [0.4, 0.5) is 8.78 Å². The van der Waals surface area contributed by atoms with E-state index in [4.69, 9.17) is 5.73 Å². The fraction of sp³-hybridized carbons (Fsp3) is 0.333. The number of hydrogen-bond acceptors (Lipinski definition) is 1. The molecule has 1 atom stereocenters. The lowest BCUT2D eigenvalue weighted by Crippen LogP contribution is -2.11. The Labute approximate surface area is 70.2 Å². The second-order valence-corrected chi connectivity index (χ2v) is 2.66. The number of hydrogen-bond donors (Lipinski definition) is 1. The van der Waals surface area contributed by atoms with Crippen LogP contribution in [0.5, 0.6) is 0 Å². The summed E-state index contributed by atoms with van der Waals surface area (Å²) in [6.45, 7) is 1.83. The molecule has 0 saturated carbocycles. The first-order chi connectivity index (χ1) is 5.66. The Morgan fingerprint density at radius 3 is 2.67 bits per heavy atom. The second-order valence-electron chi connectivity index (χ2n) is 2.66. The van der Waals surface area contributed by atoms with E-state index in [0.29, 0.717) is 6.42 Å². The van der Waals surface area contributed by atoms with Crippen LogP contribution in [0.25, 0.3) is 0 Å². The van der Waals surface area contributed by atoms with Gasteiger partial charge in [-0.1, -0.05) is 19.1 Å². The second kappa shape index (κ2) is 3.63. The van der Waals surface area contributed by atoms with E-state index in [1.165, 1.54) is 12.1 Å². The molecule has 0 aromatic heterocycles. The van der Waals surface area contributed by atoms with Crippen LogP contribution in [0.15, 0.2) is 18.2 Å². The summed E-state index contributed by atoms with van der Waals surface area (Å²) in [5.74, 6) is -1.66. The molecule has 0 fully saturated rings. The molecule has 3 heteroatoms. The normalized spacial score (nSPS) is 13.0. The van der Waals surface area contributed by atoms with Crippen LogP contribution < -0.4 is 5.73 Å². The maximum absolute atomic E-state index is 13.0.